The molecule has 0 bridgehead atoms. The topological polar surface area (TPSA) is 139 Å². The van der Waals surface area contributed by atoms with E-state index in [1.807, 2.05) is 0 Å². The molecule has 1 aromatic carbocycles. The maximum Gasteiger partial charge on any atom is 0.328 e. The zero-order valence-corrected chi connectivity index (χ0v) is 12.0. The zero-order valence-electron chi connectivity index (χ0n) is 12.0. The number of phenolic OH excluding ortho intramolecular Hbond substituents is 1. The van der Waals surface area contributed by atoms with E-state index in [2.05, 4.69) is 10.1 Å². The van der Waals surface area contributed by atoms with Gasteiger partial charge in [-0.2, -0.15) is 0 Å². The number of carbonyl (C=O) groups is 3. The predicted molar refractivity (Wildman–Crippen MR) is 76.0 cm³/mol. The first-order valence-corrected chi connectivity index (χ1v) is 6.47. The maximum atomic E-state index is 11.8. The van der Waals surface area contributed by atoms with Crippen molar-refractivity contribution < 1.29 is 29.3 Å². The number of amides is 1. The number of carboxylic acids is 1. The summed E-state index contributed by atoms with van der Waals surface area (Å²) in [4.78, 5) is 34.1. The molecule has 0 heterocycles. The molecule has 0 radical (unpaired) electrons. The predicted octanol–water partition coefficient (Wildman–Crippen LogP) is -0.605. The van der Waals surface area contributed by atoms with Gasteiger partial charge in [-0.05, 0) is 17.7 Å². The van der Waals surface area contributed by atoms with Crippen LogP contribution in [0.4, 0.5) is 0 Å². The fourth-order valence-corrected chi connectivity index (χ4v) is 1.76. The molecule has 0 fully saturated rings. The minimum atomic E-state index is -1.26. The highest BCUT2D eigenvalue weighted by molar-refractivity contribution is 5.89. The van der Waals surface area contributed by atoms with E-state index in [1.54, 1.807) is 12.1 Å². The van der Waals surface area contributed by atoms with Crippen molar-refractivity contribution in [3.8, 4) is 5.75 Å². The van der Waals surface area contributed by atoms with Crippen LogP contribution in [0.25, 0.3) is 0 Å². The molecular formula is C14H18N2O6. The van der Waals surface area contributed by atoms with Crippen molar-refractivity contribution >= 4 is 17.8 Å². The number of ether oxygens (including phenoxy) is 1. The second-order valence-electron chi connectivity index (χ2n) is 4.66. The Hall–Kier alpha value is -2.61. The largest absolute Gasteiger partial charge is 0.508 e. The molecule has 22 heavy (non-hydrogen) atoms. The molecule has 0 aliphatic heterocycles. The van der Waals surface area contributed by atoms with Crippen LogP contribution in [0.3, 0.4) is 0 Å². The summed E-state index contributed by atoms with van der Waals surface area (Å²) in [5.41, 5.74) is 6.12. The van der Waals surface area contributed by atoms with Crippen LogP contribution in [0.1, 0.15) is 12.0 Å². The third-order valence-electron chi connectivity index (χ3n) is 2.91. The average molecular weight is 310 g/mol. The quantitative estimate of drug-likeness (QED) is 0.493. The van der Waals surface area contributed by atoms with Gasteiger partial charge in [0.15, 0.2) is 0 Å². The fraction of sp³-hybridized carbons (Fsp3) is 0.357. The van der Waals surface area contributed by atoms with Crippen LogP contribution in [0.2, 0.25) is 0 Å². The Morgan fingerprint density at radius 2 is 1.86 bits per heavy atom. The van der Waals surface area contributed by atoms with Gasteiger partial charge in [0.1, 0.15) is 11.8 Å². The van der Waals surface area contributed by atoms with Crippen molar-refractivity contribution in [2.75, 3.05) is 7.11 Å². The lowest BCUT2D eigenvalue weighted by atomic mass is 10.0. The SMILES string of the molecule is COC(=O)[C@H](Cc1ccc(O)cc1)NC(=O)[C@@H](N)CC(=O)O. The van der Waals surface area contributed by atoms with E-state index in [0.717, 1.165) is 0 Å². The number of hydrogen-bond donors (Lipinski definition) is 4. The molecule has 1 rings (SSSR count). The Bertz CT molecular complexity index is 543. The number of carbonyl (C=O) groups excluding carboxylic acids is 2. The first-order valence-electron chi connectivity index (χ1n) is 6.47. The maximum absolute atomic E-state index is 11.8. The van der Waals surface area contributed by atoms with E-state index in [4.69, 9.17) is 10.8 Å². The normalized spacial score (nSPS) is 13.0. The fourth-order valence-electron chi connectivity index (χ4n) is 1.76. The highest BCUT2D eigenvalue weighted by Gasteiger charge is 2.25. The average Bonchev–Trinajstić information content (AvgIpc) is 2.47. The summed E-state index contributed by atoms with van der Waals surface area (Å²) in [6.07, 6.45) is -0.419. The van der Waals surface area contributed by atoms with Gasteiger partial charge in [0.25, 0.3) is 0 Å². The summed E-state index contributed by atoms with van der Waals surface area (Å²) in [5, 5.41) is 20.2. The number of carboxylic acid groups (broad SMARTS) is 1. The lowest BCUT2D eigenvalue weighted by Crippen LogP contribution is -2.50. The number of aromatic hydroxyl groups is 1. The van der Waals surface area contributed by atoms with Crippen molar-refractivity contribution in [2.45, 2.75) is 24.9 Å². The number of benzene rings is 1. The summed E-state index contributed by atoms with van der Waals surface area (Å²) in [7, 11) is 1.18. The van der Waals surface area contributed by atoms with Crippen LogP contribution in [0.5, 0.6) is 5.75 Å². The first-order chi connectivity index (χ1) is 10.3. The molecule has 0 saturated heterocycles. The van der Waals surface area contributed by atoms with Crippen LogP contribution in [0, 0.1) is 0 Å². The molecule has 8 heteroatoms. The summed E-state index contributed by atoms with van der Waals surface area (Å²) in [5.74, 6) is -2.57. The van der Waals surface area contributed by atoms with Gasteiger partial charge in [-0.3, -0.25) is 9.59 Å². The number of methoxy groups -OCH3 is 1. The molecule has 8 nitrogen and oxygen atoms in total. The van der Waals surface area contributed by atoms with Crippen LogP contribution in [0.15, 0.2) is 24.3 Å². The molecule has 0 aromatic heterocycles. The number of nitrogens with one attached hydrogen (secondary N) is 1. The number of aliphatic carboxylic acids is 1. The Balaban J connectivity index is 2.76. The van der Waals surface area contributed by atoms with Crippen molar-refractivity contribution in [2.24, 2.45) is 5.73 Å². The second-order valence-corrected chi connectivity index (χ2v) is 4.66. The van der Waals surface area contributed by atoms with E-state index in [0.29, 0.717) is 5.56 Å². The smallest absolute Gasteiger partial charge is 0.328 e. The molecule has 120 valence electrons. The summed E-state index contributed by atoms with van der Waals surface area (Å²) in [6, 6.07) is 3.82. The second kappa shape index (κ2) is 7.99. The van der Waals surface area contributed by atoms with Crippen molar-refractivity contribution in [1.82, 2.24) is 5.32 Å². The van der Waals surface area contributed by atoms with E-state index < -0.39 is 36.4 Å². The van der Waals surface area contributed by atoms with Gasteiger partial charge in [-0.25, -0.2) is 4.79 Å². The van der Waals surface area contributed by atoms with Gasteiger partial charge >= 0.3 is 11.9 Å². The molecule has 5 N–H and O–H groups in total. The van der Waals surface area contributed by atoms with Crippen LogP contribution in [-0.4, -0.2) is 47.3 Å². The number of hydrogen-bond acceptors (Lipinski definition) is 6. The highest BCUT2D eigenvalue weighted by atomic mass is 16.5. The standard InChI is InChI=1S/C14H18N2O6/c1-22-14(21)11(6-8-2-4-9(17)5-3-8)16-13(20)10(15)7-12(18)19/h2-5,10-11,17H,6-7,15H2,1H3,(H,16,20)(H,18,19)/t10-,11-/m0/s1. The molecule has 1 aromatic rings. The first kappa shape index (κ1) is 17.4. The lowest BCUT2D eigenvalue weighted by molar-refractivity contribution is -0.145. The van der Waals surface area contributed by atoms with Gasteiger partial charge < -0.3 is 26.0 Å². The molecule has 0 aliphatic carbocycles. The van der Waals surface area contributed by atoms with E-state index in [-0.39, 0.29) is 12.2 Å². The summed E-state index contributed by atoms with van der Waals surface area (Å²) in [6.45, 7) is 0. The van der Waals surface area contributed by atoms with Crippen molar-refractivity contribution in [3.05, 3.63) is 29.8 Å². The number of esters is 1. The molecule has 0 aliphatic rings. The summed E-state index contributed by atoms with van der Waals surface area (Å²) >= 11 is 0. The third kappa shape index (κ3) is 5.41. The van der Waals surface area contributed by atoms with Crippen molar-refractivity contribution in [1.29, 1.82) is 0 Å². The van der Waals surface area contributed by atoms with Crippen LogP contribution >= 0.6 is 0 Å². The zero-order chi connectivity index (χ0) is 16.7. The lowest BCUT2D eigenvalue weighted by Gasteiger charge is -2.18. The van der Waals surface area contributed by atoms with E-state index in [9.17, 15) is 19.5 Å². The highest BCUT2D eigenvalue weighted by Crippen LogP contribution is 2.12. The number of phenols is 1. The van der Waals surface area contributed by atoms with Crippen molar-refractivity contribution in [3.63, 3.8) is 0 Å². The Morgan fingerprint density at radius 3 is 2.36 bits per heavy atom. The summed E-state index contributed by atoms with van der Waals surface area (Å²) < 4.78 is 4.61. The Morgan fingerprint density at radius 1 is 1.27 bits per heavy atom. The molecule has 0 saturated carbocycles. The van der Waals surface area contributed by atoms with Gasteiger partial charge in [0.05, 0.1) is 19.6 Å². The minimum absolute atomic E-state index is 0.0749. The van der Waals surface area contributed by atoms with E-state index in [1.165, 1.54) is 19.2 Å². The monoisotopic (exact) mass is 310 g/mol. The Labute approximate surface area is 126 Å². The third-order valence-corrected chi connectivity index (χ3v) is 2.91. The minimum Gasteiger partial charge on any atom is -0.508 e. The molecule has 2 atom stereocenters. The van der Waals surface area contributed by atoms with Gasteiger partial charge in [-0.15, -0.1) is 0 Å². The van der Waals surface area contributed by atoms with Gasteiger partial charge in [-0.1, -0.05) is 12.1 Å². The number of nitrogens with two attached hydrogens (primary N) is 1. The number of rotatable bonds is 7. The Kier molecular flexibility index (Phi) is 6.33. The molecule has 0 spiro atoms. The molecule has 1 amide bonds. The van der Waals surface area contributed by atoms with E-state index >= 15 is 0 Å². The molecular weight excluding hydrogens is 292 g/mol. The van der Waals surface area contributed by atoms with Gasteiger partial charge in [0.2, 0.25) is 5.91 Å². The van der Waals surface area contributed by atoms with Gasteiger partial charge in [0, 0.05) is 6.42 Å². The van der Waals surface area contributed by atoms with Crippen LogP contribution < -0.4 is 11.1 Å². The van der Waals surface area contributed by atoms with Crippen LogP contribution in [-0.2, 0) is 25.5 Å². The molecule has 0 unspecified atom stereocenters.